The van der Waals surface area contributed by atoms with Crippen LogP contribution in [-0.4, -0.2) is 32.1 Å². The number of carbonyl (C=O) groups is 2. The van der Waals surface area contributed by atoms with E-state index in [-0.39, 0.29) is 24.3 Å². The van der Waals surface area contributed by atoms with E-state index in [2.05, 4.69) is 10.6 Å². The molecule has 29 heavy (non-hydrogen) atoms. The van der Waals surface area contributed by atoms with Crippen molar-refractivity contribution < 1.29 is 19.1 Å². The number of halogens is 1. The molecule has 2 N–H and O–H groups in total. The first-order valence-electron chi connectivity index (χ1n) is 9.59. The maximum Gasteiger partial charge on any atom is 0.316 e. The summed E-state index contributed by atoms with van der Waals surface area (Å²) in [5, 5.41) is 6.22. The van der Waals surface area contributed by atoms with Gasteiger partial charge >= 0.3 is 5.97 Å². The van der Waals surface area contributed by atoms with E-state index in [1.54, 1.807) is 6.07 Å². The summed E-state index contributed by atoms with van der Waals surface area (Å²) in [6, 6.07) is 13.0. The molecular weight excluding hydrogens is 392 g/mol. The third-order valence-electron chi connectivity index (χ3n) is 5.63. The molecule has 154 valence electrons. The van der Waals surface area contributed by atoms with Crippen LogP contribution in [0.15, 0.2) is 42.5 Å². The zero-order chi connectivity index (χ0) is 19.6. The number of amides is 1. The Morgan fingerprint density at radius 1 is 1.17 bits per heavy atom. The molecule has 0 bridgehead atoms. The van der Waals surface area contributed by atoms with Crippen molar-refractivity contribution in [3.8, 4) is 5.75 Å². The smallest absolute Gasteiger partial charge is 0.316 e. The van der Waals surface area contributed by atoms with Crippen LogP contribution in [0.25, 0.3) is 0 Å². The Labute approximate surface area is 176 Å². The molecule has 1 aliphatic carbocycles. The van der Waals surface area contributed by atoms with Gasteiger partial charge in [0.25, 0.3) is 5.91 Å². The number of carbonyl (C=O) groups excluding carboxylic acids is 2. The Morgan fingerprint density at radius 2 is 2.00 bits per heavy atom. The minimum atomic E-state index is -0.581. The van der Waals surface area contributed by atoms with Gasteiger partial charge in [-0.1, -0.05) is 18.6 Å². The lowest BCUT2D eigenvalue weighted by Gasteiger charge is -2.39. The number of methoxy groups -OCH3 is 1. The van der Waals surface area contributed by atoms with Crippen LogP contribution in [0.4, 0.5) is 5.69 Å². The lowest BCUT2D eigenvalue weighted by molar-refractivity contribution is -0.151. The van der Waals surface area contributed by atoms with Gasteiger partial charge in [0.2, 0.25) is 0 Å². The van der Waals surface area contributed by atoms with Crippen LogP contribution >= 0.6 is 12.4 Å². The predicted molar refractivity (Wildman–Crippen MR) is 113 cm³/mol. The molecule has 0 saturated heterocycles. The van der Waals surface area contributed by atoms with E-state index in [1.165, 1.54) is 7.11 Å². The fourth-order valence-electron chi connectivity index (χ4n) is 3.89. The maximum atomic E-state index is 12.8. The summed E-state index contributed by atoms with van der Waals surface area (Å²) >= 11 is 0. The molecule has 1 heterocycles. The van der Waals surface area contributed by atoms with Crippen molar-refractivity contribution in [1.29, 1.82) is 0 Å². The van der Waals surface area contributed by atoms with Gasteiger partial charge in [-0.25, -0.2) is 0 Å². The number of rotatable bonds is 4. The van der Waals surface area contributed by atoms with E-state index in [4.69, 9.17) is 9.47 Å². The van der Waals surface area contributed by atoms with Gasteiger partial charge in [-0.05, 0) is 48.7 Å². The highest BCUT2D eigenvalue weighted by Gasteiger charge is 2.46. The summed E-state index contributed by atoms with van der Waals surface area (Å²) in [7, 11) is 1.42. The quantitative estimate of drug-likeness (QED) is 0.746. The average Bonchev–Trinajstić information content (AvgIpc) is 2.92. The van der Waals surface area contributed by atoms with Gasteiger partial charge in [-0.2, -0.15) is 0 Å². The van der Waals surface area contributed by atoms with Gasteiger partial charge in [-0.15, -0.1) is 12.4 Å². The van der Waals surface area contributed by atoms with Crippen molar-refractivity contribution in [2.45, 2.75) is 31.2 Å². The molecular formula is C22H25ClN2O4. The van der Waals surface area contributed by atoms with Crippen LogP contribution in [0.1, 0.15) is 40.7 Å². The molecule has 6 nitrogen and oxygen atoms in total. The Bertz CT molecular complexity index is 911. The predicted octanol–water partition coefficient (Wildman–Crippen LogP) is 3.44. The SMILES string of the molecule is COC(=O)C1(c2cccc(NC(=O)c3ccc4c(c3)CNCCO4)c2)CCC1.Cl. The first-order chi connectivity index (χ1) is 13.6. The second kappa shape index (κ2) is 8.84. The Morgan fingerprint density at radius 3 is 2.72 bits per heavy atom. The monoisotopic (exact) mass is 416 g/mol. The molecule has 0 spiro atoms. The molecule has 1 fully saturated rings. The van der Waals surface area contributed by atoms with Crippen LogP contribution in [0.2, 0.25) is 0 Å². The maximum absolute atomic E-state index is 12.8. The molecule has 2 aromatic carbocycles. The van der Waals surface area contributed by atoms with Gasteiger partial charge in [0.05, 0.1) is 12.5 Å². The third-order valence-corrected chi connectivity index (χ3v) is 5.63. The van der Waals surface area contributed by atoms with E-state index >= 15 is 0 Å². The molecule has 0 radical (unpaired) electrons. The lowest BCUT2D eigenvalue weighted by Crippen LogP contribution is -2.43. The lowest BCUT2D eigenvalue weighted by atomic mass is 9.64. The largest absolute Gasteiger partial charge is 0.492 e. The van der Waals surface area contributed by atoms with Crippen LogP contribution in [-0.2, 0) is 21.5 Å². The fraction of sp³-hybridized carbons (Fsp3) is 0.364. The zero-order valence-electron chi connectivity index (χ0n) is 16.3. The molecule has 4 rings (SSSR count). The van der Waals surface area contributed by atoms with Gasteiger partial charge in [0, 0.05) is 29.9 Å². The van der Waals surface area contributed by atoms with Crippen molar-refractivity contribution in [3.63, 3.8) is 0 Å². The van der Waals surface area contributed by atoms with Crippen LogP contribution < -0.4 is 15.4 Å². The summed E-state index contributed by atoms with van der Waals surface area (Å²) in [6.07, 6.45) is 2.54. The zero-order valence-corrected chi connectivity index (χ0v) is 17.1. The molecule has 1 saturated carbocycles. The molecule has 7 heteroatoms. The van der Waals surface area contributed by atoms with Gasteiger partial charge in [0.1, 0.15) is 12.4 Å². The molecule has 2 aromatic rings. The topological polar surface area (TPSA) is 76.7 Å². The van der Waals surface area contributed by atoms with E-state index in [0.29, 0.717) is 24.4 Å². The summed E-state index contributed by atoms with van der Waals surface area (Å²) < 4.78 is 10.7. The van der Waals surface area contributed by atoms with Crippen molar-refractivity contribution in [3.05, 3.63) is 59.2 Å². The standard InChI is InChI=1S/C22H24N2O4.ClH/c1-27-21(26)22(8-3-9-22)17-4-2-5-18(13-17)24-20(25)15-6-7-19-16(12-15)14-23-10-11-28-19;/h2,4-7,12-13,23H,3,8-11,14H2,1H3,(H,24,25);1H. The number of nitrogens with one attached hydrogen (secondary N) is 2. The van der Waals surface area contributed by atoms with Crippen molar-refractivity contribution in [2.24, 2.45) is 0 Å². The van der Waals surface area contributed by atoms with Crippen LogP contribution in [0.3, 0.4) is 0 Å². The van der Waals surface area contributed by atoms with Crippen molar-refractivity contribution in [1.82, 2.24) is 5.32 Å². The summed E-state index contributed by atoms with van der Waals surface area (Å²) in [4.78, 5) is 25.1. The van der Waals surface area contributed by atoms with E-state index in [1.807, 2.05) is 36.4 Å². The number of hydrogen-bond donors (Lipinski definition) is 2. The first kappa shape index (κ1) is 21.1. The Kier molecular flexibility index (Phi) is 6.45. The fourth-order valence-corrected chi connectivity index (χ4v) is 3.89. The summed E-state index contributed by atoms with van der Waals surface area (Å²) in [5.74, 6) is 0.416. The normalized spacial score (nSPS) is 16.7. The second-order valence-corrected chi connectivity index (χ2v) is 7.31. The highest BCUT2D eigenvalue weighted by atomic mass is 35.5. The minimum Gasteiger partial charge on any atom is -0.492 e. The Hall–Kier alpha value is -2.57. The number of hydrogen-bond acceptors (Lipinski definition) is 5. The number of ether oxygens (including phenoxy) is 2. The molecule has 0 unspecified atom stereocenters. The van der Waals surface area contributed by atoms with Crippen LogP contribution in [0.5, 0.6) is 5.75 Å². The summed E-state index contributed by atoms with van der Waals surface area (Å²) in [5.41, 5.74) is 2.52. The van der Waals surface area contributed by atoms with Gasteiger partial charge < -0.3 is 20.1 Å². The van der Waals surface area contributed by atoms with E-state index < -0.39 is 5.41 Å². The highest BCUT2D eigenvalue weighted by molar-refractivity contribution is 6.04. The van der Waals surface area contributed by atoms with Gasteiger partial charge in [-0.3, -0.25) is 9.59 Å². The van der Waals surface area contributed by atoms with E-state index in [0.717, 1.165) is 42.7 Å². The van der Waals surface area contributed by atoms with Gasteiger partial charge in [0.15, 0.2) is 0 Å². The first-order valence-corrected chi connectivity index (χ1v) is 9.59. The summed E-state index contributed by atoms with van der Waals surface area (Å²) in [6.45, 7) is 2.08. The number of esters is 1. The van der Waals surface area contributed by atoms with Crippen molar-refractivity contribution in [2.75, 3.05) is 25.6 Å². The second-order valence-electron chi connectivity index (χ2n) is 7.31. The van der Waals surface area contributed by atoms with Crippen molar-refractivity contribution >= 4 is 30.0 Å². The Balaban J connectivity index is 0.00000240. The third kappa shape index (κ3) is 4.09. The molecule has 1 amide bonds. The molecule has 1 aliphatic heterocycles. The number of benzene rings is 2. The molecule has 0 aromatic heterocycles. The molecule has 0 atom stereocenters. The number of anilines is 1. The average molecular weight is 417 g/mol. The highest BCUT2D eigenvalue weighted by Crippen LogP contribution is 2.45. The van der Waals surface area contributed by atoms with Crippen LogP contribution in [0, 0.1) is 0 Å². The molecule has 2 aliphatic rings. The van der Waals surface area contributed by atoms with E-state index in [9.17, 15) is 9.59 Å². The minimum absolute atomic E-state index is 0. The number of fused-ring (bicyclic) bond motifs is 1.